The Balaban J connectivity index is 0.00000264. The number of phosphoric acid groups is 1. The van der Waals surface area contributed by atoms with Crippen LogP contribution in [0.1, 0.15) is 18.2 Å². The summed E-state index contributed by atoms with van der Waals surface area (Å²) in [4.78, 5) is 45.1. The zero-order valence-electron chi connectivity index (χ0n) is 13.3. The van der Waals surface area contributed by atoms with Crippen LogP contribution < -0.4 is 38.0 Å². The lowest BCUT2D eigenvalue weighted by atomic mass is 10.2. The highest BCUT2D eigenvalue weighted by atomic mass is 31.2. The summed E-state index contributed by atoms with van der Waals surface area (Å²) in [5, 5.41) is 18.7. The molecule has 0 spiro atoms. The van der Waals surface area contributed by atoms with E-state index < -0.39 is 44.1 Å². The number of aliphatic hydroxyl groups is 2. The topological polar surface area (TPSA) is 239 Å². The van der Waals surface area contributed by atoms with Crippen LogP contribution in [0.3, 0.4) is 0 Å². The van der Waals surface area contributed by atoms with E-state index in [-0.39, 0.29) is 29.0 Å². The molecule has 13 nitrogen and oxygen atoms in total. The van der Waals surface area contributed by atoms with Crippen molar-refractivity contribution in [2.45, 2.75) is 31.8 Å². The van der Waals surface area contributed by atoms with Crippen LogP contribution in [0.5, 0.6) is 0 Å². The van der Waals surface area contributed by atoms with Gasteiger partial charge in [-0.3, -0.25) is 9.36 Å². The molecule has 0 bridgehead atoms. The maximum Gasteiger partial charge on any atom is 0.367 e. The highest BCUT2D eigenvalue weighted by Gasteiger charge is 2.35. The summed E-state index contributed by atoms with van der Waals surface area (Å²) >= 11 is 0. The molecule has 1 aromatic heterocycles. The van der Waals surface area contributed by atoms with Gasteiger partial charge in [-0.25, -0.2) is 4.79 Å². The third-order valence-electron chi connectivity index (χ3n) is 3.13. The molecule has 0 unspecified atom stereocenters. The molecular weight excluding hydrogens is 351 g/mol. The third-order valence-corrected chi connectivity index (χ3v) is 3.49. The molecule has 3 atom stereocenters. The van der Waals surface area contributed by atoms with Gasteiger partial charge in [0, 0.05) is 18.2 Å². The molecule has 140 valence electrons. The quantitative estimate of drug-likeness (QED) is 0.392. The number of rotatable bonds is 4. The van der Waals surface area contributed by atoms with E-state index in [1.165, 1.54) is 6.92 Å². The van der Waals surface area contributed by atoms with Gasteiger partial charge in [0.2, 0.25) is 0 Å². The van der Waals surface area contributed by atoms with Gasteiger partial charge >= 0.3 is 5.69 Å². The van der Waals surface area contributed by atoms with Crippen molar-refractivity contribution in [2.75, 3.05) is 6.61 Å². The molecule has 24 heavy (non-hydrogen) atoms. The maximum atomic E-state index is 12.1. The number of aromatic nitrogens is 2. The Hall–Kier alpha value is -1.57. The van der Waals surface area contributed by atoms with Crippen molar-refractivity contribution in [3.63, 3.8) is 0 Å². The Morgan fingerprint density at radius 1 is 1.42 bits per heavy atom. The van der Waals surface area contributed by atoms with Gasteiger partial charge < -0.3 is 46.2 Å². The van der Waals surface area contributed by atoms with Crippen molar-refractivity contribution < 1.29 is 33.9 Å². The van der Waals surface area contributed by atoms with Crippen LogP contribution in [0, 0.1) is 6.92 Å². The first-order valence-corrected chi connectivity index (χ1v) is 7.61. The largest absolute Gasteiger partial charge is 0.778 e. The molecule has 0 radical (unpaired) electrons. The first-order valence-electron chi connectivity index (χ1n) is 6.15. The lowest BCUT2D eigenvalue weighted by molar-refractivity contribution is -0.342. The van der Waals surface area contributed by atoms with Gasteiger partial charge in [0.25, 0.3) is 5.56 Å². The van der Waals surface area contributed by atoms with Gasteiger partial charge in [0.15, 0.2) is 0 Å². The van der Waals surface area contributed by atoms with E-state index in [1.54, 1.807) is 0 Å². The number of aliphatic hydroxyl groups excluding tert-OH is 2. The van der Waals surface area contributed by atoms with Gasteiger partial charge in [-0.15, -0.1) is 0 Å². The first kappa shape index (κ1) is 22.4. The van der Waals surface area contributed by atoms with Crippen LogP contribution in [0.2, 0.25) is 0 Å². The van der Waals surface area contributed by atoms with E-state index in [2.05, 4.69) is 4.62 Å². The fourth-order valence-electron chi connectivity index (χ4n) is 2.10. The molecular formula is C10H21N4O9P. The minimum atomic E-state index is -5.62. The molecule has 2 heterocycles. The lowest BCUT2D eigenvalue weighted by Gasteiger charge is -2.28. The molecule has 1 aliphatic heterocycles. The van der Waals surface area contributed by atoms with Crippen molar-refractivity contribution in [3.05, 3.63) is 32.6 Å². The van der Waals surface area contributed by atoms with Crippen molar-refractivity contribution in [3.8, 4) is 0 Å². The predicted molar refractivity (Wildman–Crippen MR) is 77.5 cm³/mol. The normalized spacial score (nSPS) is 23.3. The minimum absolute atomic E-state index is 0. The average Bonchev–Trinajstić information content (AvgIpc) is 2.79. The number of hydrogen-bond donors (Lipinski definition) is 4. The van der Waals surface area contributed by atoms with Gasteiger partial charge in [-0.2, -0.15) is 0 Å². The summed E-state index contributed by atoms with van der Waals surface area (Å²) in [7, 11) is -5.62. The van der Waals surface area contributed by atoms with Gasteiger partial charge in [0.05, 0.1) is 12.7 Å². The van der Waals surface area contributed by atoms with Crippen molar-refractivity contribution >= 4 is 7.82 Å². The molecule has 0 saturated carbocycles. The van der Waals surface area contributed by atoms with E-state index in [4.69, 9.17) is 9.84 Å². The second-order valence-electron chi connectivity index (χ2n) is 4.75. The Kier molecular flexibility index (Phi) is 7.48. The fourth-order valence-corrected chi connectivity index (χ4v) is 2.44. The van der Waals surface area contributed by atoms with E-state index in [9.17, 15) is 29.0 Å². The van der Waals surface area contributed by atoms with E-state index in [1.807, 2.05) is 0 Å². The summed E-state index contributed by atoms with van der Waals surface area (Å²) < 4.78 is 20.4. The summed E-state index contributed by atoms with van der Waals surface area (Å²) in [6.45, 7) is 0.783. The van der Waals surface area contributed by atoms with Crippen molar-refractivity contribution in [2.24, 2.45) is 0 Å². The highest BCUT2D eigenvalue weighted by Crippen LogP contribution is 2.27. The Labute approximate surface area is 135 Å². The van der Waals surface area contributed by atoms with Crippen LogP contribution in [0.15, 0.2) is 15.8 Å². The van der Waals surface area contributed by atoms with Crippen molar-refractivity contribution in [1.82, 2.24) is 21.6 Å². The molecule has 1 aliphatic rings. The number of nitrogens with zero attached hydrogens (tertiary/aromatic N) is 2. The molecule has 0 amide bonds. The molecule has 2 rings (SSSR count). The first-order chi connectivity index (χ1) is 10.1. The zero-order chi connectivity index (χ0) is 16.7. The highest BCUT2D eigenvalue weighted by molar-refractivity contribution is 7.43. The van der Waals surface area contributed by atoms with Crippen LogP contribution in [0.4, 0.5) is 0 Å². The van der Waals surface area contributed by atoms with Crippen LogP contribution >= 0.6 is 7.82 Å². The summed E-state index contributed by atoms with van der Waals surface area (Å²) in [6, 6.07) is 0. The smallest absolute Gasteiger partial charge is 0.367 e. The lowest BCUT2D eigenvalue weighted by Crippen LogP contribution is -2.46. The summed E-state index contributed by atoms with van der Waals surface area (Å²) in [5.74, 6) is 0. The van der Waals surface area contributed by atoms with Gasteiger partial charge in [0.1, 0.15) is 20.2 Å². The predicted octanol–water partition coefficient (Wildman–Crippen LogP) is -3.03. The van der Waals surface area contributed by atoms with Crippen LogP contribution in [-0.2, 0) is 9.30 Å². The number of aryl methyl sites for hydroxylation is 1. The molecule has 1 aromatic rings. The SMILES string of the molecule is Cc1cn([C@H]2C[C@H](O)[C@@H](CO)O2)c(=O)n(OP(=O)([O-])[O-])c1=O.[NH4+].[NH4+]. The summed E-state index contributed by atoms with van der Waals surface area (Å²) in [6.07, 6.45) is -2.01. The number of quaternary nitrogens is 2. The summed E-state index contributed by atoms with van der Waals surface area (Å²) in [5.41, 5.74) is -2.44. The minimum Gasteiger partial charge on any atom is -0.778 e. The van der Waals surface area contributed by atoms with Crippen molar-refractivity contribution in [1.29, 1.82) is 0 Å². The van der Waals surface area contributed by atoms with E-state index in [0.29, 0.717) is 0 Å². The molecule has 1 fully saturated rings. The Morgan fingerprint density at radius 3 is 2.46 bits per heavy atom. The average molecular weight is 372 g/mol. The fraction of sp³-hybridized carbons (Fsp3) is 0.600. The molecule has 14 heteroatoms. The zero-order valence-corrected chi connectivity index (χ0v) is 14.2. The molecule has 0 aromatic carbocycles. The molecule has 0 aliphatic carbocycles. The monoisotopic (exact) mass is 372 g/mol. The van der Waals surface area contributed by atoms with Gasteiger partial charge in [-0.1, -0.05) is 4.73 Å². The maximum absolute atomic E-state index is 12.1. The van der Waals surface area contributed by atoms with Gasteiger partial charge in [-0.05, 0) is 6.92 Å². The Bertz CT molecular complexity index is 726. The number of ether oxygens (including phenoxy) is 1. The number of hydrogen-bond acceptors (Lipinski definition) is 9. The molecule has 10 N–H and O–H groups in total. The molecule has 1 saturated heterocycles. The Morgan fingerprint density at radius 2 is 2.00 bits per heavy atom. The van der Waals surface area contributed by atoms with Crippen LogP contribution in [0.25, 0.3) is 0 Å². The van der Waals surface area contributed by atoms with E-state index in [0.717, 1.165) is 10.8 Å². The second-order valence-corrected chi connectivity index (χ2v) is 5.80. The standard InChI is InChI=1S/C10H15N2O9P.2H3N/c1-5-3-11(8-2-6(14)7(4-13)20-8)10(16)12(9(5)15)21-22(17,18)19;;/h3,6-8,13-14H,2,4H2,1H3,(H2,17,18,19);2*1H3/t6-,7+,8+;;/m0../s1. The van der Waals surface area contributed by atoms with E-state index >= 15 is 0 Å². The third kappa shape index (κ3) is 4.49. The second kappa shape index (κ2) is 8.00. The van der Waals surface area contributed by atoms with Crippen LogP contribution in [-0.4, -0.2) is 38.3 Å².